The molecule has 1 aliphatic heterocycles. The largest absolute Gasteiger partial charge is 0.495 e. The van der Waals surface area contributed by atoms with Crippen molar-refractivity contribution in [3.63, 3.8) is 0 Å². The molecule has 0 radical (unpaired) electrons. The number of ether oxygens (including phenoxy) is 2. The van der Waals surface area contributed by atoms with Crippen molar-refractivity contribution in [1.29, 1.82) is 0 Å². The Morgan fingerprint density at radius 2 is 1.51 bits per heavy atom. The zero-order valence-electron chi connectivity index (χ0n) is 20.9. The highest BCUT2D eigenvalue weighted by Gasteiger charge is 2.40. The summed E-state index contributed by atoms with van der Waals surface area (Å²) in [6.45, 7) is 2.24. The van der Waals surface area contributed by atoms with Gasteiger partial charge in [0, 0.05) is 22.0 Å². The Hall–Kier alpha value is -4.34. The van der Waals surface area contributed by atoms with Gasteiger partial charge in [0.2, 0.25) is 0 Å². The minimum absolute atomic E-state index is 0.126. The topological polar surface area (TPSA) is 114 Å². The molecular formula is C28H23Cl2N3O6. The van der Waals surface area contributed by atoms with Gasteiger partial charge in [0.15, 0.2) is 0 Å². The number of nitrogens with one attached hydrogen (secondary N) is 2. The van der Waals surface area contributed by atoms with Gasteiger partial charge < -0.3 is 20.1 Å². The molecule has 0 spiro atoms. The summed E-state index contributed by atoms with van der Waals surface area (Å²) in [5.41, 5.74) is 1.68. The molecule has 1 heterocycles. The first kappa shape index (κ1) is 27.7. The first-order valence-corrected chi connectivity index (χ1v) is 12.6. The van der Waals surface area contributed by atoms with Crippen molar-refractivity contribution in [1.82, 2.24) is 0 Å². The molecule has 0 saturated carbocycles. The number of hydrogen-bond donors (Lipinski definition) is 2. The molecule has 2 N–H and O–H groups in total. The van der Waals surface area contributed by atoms with E-state index >= 15 is 0 Å². The van der Waals surface area contributed by atoms with Crippen LogP contribution in [0.15, 0.2) is 77.5 Å². The summed E-state index contributed by atoms with van der Waals surface area (Å²) in [5.74, 6) is -1.95. The monoisotopic (exact) mass is 567 g/mol. The zero-order chi connectivity index (χ0) is 28.1. The van der Waals surface area contributed by atoms with Crippen LogP contribution in [0.1, 0.15) is 34.1 Å². The molecule has 0 aliphatic carbocycles. The van der Waals surface area contributed by atoms with Gasteiger partial charge in [-0.2, -0.15) is 0 Å². The van der Waals surface area contributed by atoms with Crippen molar-refractivity contribution < 1.29 is 28.7 Å². The van der Waals surface area contributed by atoms with Crippen molar-refractivity contribution in [2.45, 2.75) is 13.3 Å². The highest BCUT2D eigenvalue weighted by molar-refractivity contribution is 6.53. The molecule has 11 heteroatoms. The van der Waals surface area contributed by atoms with Crippen LogP contribution in [0.5, 0.6) is 5.75 Å². The number of amides is 3. The third-order valence-corrected chi connectivity index (χ3v) is 6.23. The van der Waals surface area contributed by atoms with Crippen LogP contribution in [-0.4, -0.2) is 37.4 Å². The maximum Gasteiger partial charge on any atom is 0.338 e. The fourth-order valence-corrected chi connectivity index (χ4v) is 4.07. The number of carbonyl (C=O) groups excluding carboxylic acids is 4. The van der Waals surface area contributed by atoms with Gasteiger partial charge in [-0.25, -0.2) is 9.69 Å². The molecule has 0 unspecified atom stereocenters. The molecule has 9 nitrogen and oxygen atoms in total. The molecular weight excluding hydrogens is 545 g/mol. The van der Waals surface area contributed by atoms with Gasteiger partial charge in [0.25, 0.3) is 17.7 Å². The van der Waals surface area contributed by atoms with Crippen LogP contribution >= 0.6 is 23.2 Å². The average Bonchev–Trinajstić information content (AvgIpc) is 3.15. The van der Waals surface area contributed by atoms with E-state index in [-0.39, 0.29) is 28.1 Å². The van der Waals surface area contributed by atoms with Gasteiger partial charge in [0.1, 0.15) is 16.5 Å². The van der Waals surface area contributed by atoms with Crippen molar-refractivity contribution >= 4 is 64.0 Å². The van der Waals surface area contributed by atoms with E-state index in [1.54, 1.807) is 54.6 Å². The third-order valence-electron chi connectivity index (χ3n) is 5.64. The van der Waals surface area contributed by atoms with Gasteiger partial charge in [-0.15, -0.1) is 0 Å². The van der Waals surface area contributed by atoms with Crippen LogP contribution in [0.2, 0.25) is 5.02 Å². The number of nitrogens with zero attached hydrogens (tertiary/aromatic N) is 1. The first-order chi connectivity index (χ1) is 18.7. The molecule has 39 heavy (non-hydrogen) atoms. The lowest BCUT2D eigenvalue weighted by molar-refractivity contribution is -0.120. The molecule has 0 aromatic heterocycles. The number of halogens is 2. The van der Waals surface area contributed by atoms with Gasteiger partial charge in [-0.1, -0.05) is 30.1 Å². The number of benzene rings is 3. The highest BCUT2D eigenvalue weighted by atomic mass is 35.5. The maximum absolute atomic E-state index is 13.1. The van der Waals surface area contributed by atoms with Crippen LogP contribution in [0.4, 0.5) is 17.1 Å². The minimum Gasteiger partial charge on any atom is -0.495 e. The van der Waals surface area contributed by atoms with Crippen molar-refractivity contribution in [3.05, 3.63) is 93.6 Å². The van der Waals surface area contributed by atoms with E-state index in [0.717, 1.165) is 11.3 Å². The normalized spacial score (nSPS) is 13.0. The molecule has 0 bridgehead atoms. The number of rotatable bonds is 9. The molecule has 4 rings (SSSR count). The summed E-state index contributed by atoms with van der Waals surface area (Å²) in [6.07, 6.45) is 0.726. The second-order valence-corrected chi connectivity index (χ2v) is 9.14. The SMILES string of the molecule is CCCOC(=O)c1ccc(NC(=O)c2ccc(NC3=C(Cl)C(=O)N(c4cc(Cl)ccc4OC)C3=O)cc2)cc1. The predicted octanol–water partition coefficient (Wildman–Crippen LogP) is 5.60. The van der Waals surface area contributed by atoms with Crippen LogP contribution in [0.3, 0.4) is 0 Å². The van der Waals surface area contributed by atoms with Crippen molar-refractivity contribution in [2.75, 3.05) is 29.3 Å². The number of carbonyl (C=O) groups is 4. The van der Waals surface area contributed by atoms with Crippen LogP contribution in [-0.2, 0) is 14.3 Å². The van der Waals surface area contributed by atoms with E-state index in [0.29, 0.717) is 34.1 Å². The molecule has 1 aliphatic rings. The summed E-state index contributed by atoms with van der Waals surface area (Å²) in [7, 11) is 1.41. The van der Waals surface area contributed by atoms with Crippen molar-refractivity contribution in [2.24, 2.45) is 0 Å². The number of esters is 1. The predicted molar refractivity (Wildman–Crippen MR) is 148 cm³/mol. The summed E-state index contributed by atoms with van der Waals surface area (Å²) < 4.78 is 10.4. The van der Waals surface area contributed by atoms with E-state index < -0.39 is 17.8 Å². The fraction of sp³-hybridized carbons (Fsp3) is 0.143. The van der Waals surface area contributed by atoms with Gasteiger partial charge in [-0.05, 0) is 73.2 Å². The number of hydrogen-bond acceptors (Lipinski definition) is 7. The van der Waals surface area contributed by atoms with Gasteiger partial charge in [0.05, 0.1) is 25.0 Å². The lowest BCUT2D eigenvalue weighted by atomic mass is 10.1. The Morgan fingerprint density at radius 1 is 0.872 bits per heavy atom. The lowest BCUT2D eigenvalue weighted by Gasteiger charge is -2.18. The average molecular weight is 568 g/mol. The third kappa shape index (κ3) is 6.05. The molecule has 3 aromatic rings. The van der Waals surface area contributed by atoms with Gasteiger partial charge >= 0.3 is 5.97 Å². The van der Waals surface area contributed by atoms with E-state index in [2.05, 4.69) is 10.6 Å². The second kappa shape index (κ2) is 12.0. The first-order valence-electron chi connectivity index (χ1n) is 11.8. The summed E-state index contributed by atoms with van der Waals surface area (Å²) in [6, 6.07) is 17.1. The van der Waals surface area contributed by atoms with E-state index in [1.807, 2.05) is 6.92 Å². The molecule has 200 valence electrons. The summed E-state index contributed by atoms with van der Waals surface area (Å²) in [4.78, 5) is 51.4. The maximum atomic E-state index is 13.1. The standard InChI is InChI=1S/C28H23Cl2N3O6/c1-3-14-39-28(37)17-6-11-20(12-7-17)32-25(34)16-4-9-19(10-5-16)31-24-23(30)26(35)33(27(24)36)21-15-18(29)8-13-22(21)38-2/h4-13,15,31H,3,14H2,1-2H3,(H,32,34). The van der Waals surface area contributed by atoms with Crippen LogP contribution < -0.4 is 20.3 Å². The summed E-state index contributed by atoms with van der Waals surface area (Å²) in [5, 5.41) is 5.61. The Bertz CT molecular complexity index is 1470. The molecule has 0 fully saturated rings. The van der Waals surface area contributed by atoms with E-state index in [9.17, 15) is 19.2 Å². The number of methoxy groups -OCH3 is 1. The Kier molecular flexibility index (Phi) is 8.53. The minimum atomic E-state index is -0.731. The number of imide groups is 1. The molecule has 0 atom stereocenters. The smallest absolute Gasteiger partial charge is 0.338 e. The van der Waals surface area contributed by atoms with Crippen LogP contribution in [0.25, 0.3) is 0 Å². The molecule has 3 aromatic carbocycles. The van der Waals surface area contributed by atoms with Gasteiger partial charge in [-0.3, -0.25) is 14.4 Å². The highest BCUT2D eigenvalue weighted by Crippen LogP contribution is 2.37. The second-order valence-electron chi connectivity index (χ2n) is 8.32. The van der Waals surface area contributed by atoms with Crippen LogP contribution in [0, 0.1) is 0 Å². The molecule has 3 amide bonds. The lowest BCUT2D eigenvalue weighted by Crippen LogP contribution is -2.32. The van der Waals surface area contributed by atoms with Crippen molar-refractivity contribution in [3.8, 4) is 5.75 Å². The van der Waals surface area contributed by atoms with E-state index in [4.69, 9.17) is 32.7 Å². The summed E-state index contributed by atoms with van der Waals surface area (Å²) >= 11 is 12.3. The van der Waals surface area contributed by atoms with E-state index in [1.165, 1.54) is 19.2 Å². The Balaban J connectivity index is 1.43. The molecule has 0 saturated heterocycles. The Morgan fingerprint density at radius 3 is 2.15 bits per heavy atom. The number of anilines is 3. The fourth-order valence-electron chi connectivity index (χ4n) is 3.69. The zero-order valence-corrected chi connectivity index (χ0v) is 22.4. The quantitative estimate of drug-likeness (QED) is 0.255. The Labute approximate surface area is 234 Å².